The zero-order valence-electron chi connectivity index (χ0n) is 16.2. The number of thiazole rings is 1. The Bertz CT molecular complexity index is 1140. The highest BCUT2D eigenvalue weighted by Crippen LogP contribution is 2.30. The number of ether oxygens (including phenoxy) is 2. The number of hydrogen-bond acceptors (Lipinski definition) is 7. The predicted molar refractivity (Wildman–Crippen MR) is 114 cm³/mol. The maximum absolute atomic E-state index is 12.4. The molecular weight excluding hydrogens is 414 g/mol. The van der Waals surface area contributed by atoms with Crippen LogP contribution in [0.2, 0.25) is 0 Å². The number of methoxy groups -OCH3 is 2. The van der Waals surface area contributed by atoms with E-state index in [-0.39, 0.29) is 10.1 Å². The van der Waals surface area contributed by atoms with Crippen molar-refractivity contribution >= 4 is 48.8 Å². The molecule has 0 fully saturated rings. The van der Waals surface area contributed by atoms with E-state index in [1.165, 1.54) is 14.2 Å². The lowest BCUT2D eigenvalue weighted by Crippen LogP contribution is -2.19. The van der Waals surface area contributed by atoms with Crippen LogP contribution >= 0.6 is 11.3 Å². The molecule has 0 bridgehead atoms. The van der Waals surface area contributed by atoms with Crippen molar-refractivity contribution in [3.05, 3.63) is 36.4 Å². The van der Waals surface area contributed by atoms with Crippen molar-refractivity contribution in [1.29, 1.82) is 0 Å². The zero-order chi connectivity index (χ0) is 21.0. The van der Waals surface area contributed by atoms with Crippen molar-refractivity contribution in [3.63, 3.8) is 0 Å². The first kappa shape index (κ1) is 20.9. The fraction of sp³-hybridized carbons (Fsp3) is 0.263. The van der Waals surface area contributed by atoms with Gasteiger partial charge in [-0.05, 0) is 36.8 Å². The Hall–Kier alpha value is -2.85. The molecule has 2 amide bonds. The number of anilines is 2. The van der Waals surface area contributed by atoms with Gasteiger partial charge in [-0.2, -0.15) is 0 Å². The molecule has 8 nitrogen and oxygen atoms in total. The van der Waals surface area contributed by atoms with E-state index in [0.717, 1.165) is 11.3 Å². The summed E-state index contributed by atoms with van der Waals surface area (Å²) in [6, 6.07) is 9.63. The predicted octanol–water partition coefficient (Wildman–Crippen LogP) is 4.14. The molecule has 0 spiro atoms. The second-order valence-corrected chi connectivity index (χ2v) is 9.44. The molecule has 10 heteroatoms. The van der Waals surface area contributed by atoms with Gasteiger partial charge in [-0.3, -0.25) is 0 Å². The summed E-state index contributed by atoms with van der Waals surface area (Å²) in [6.07, 6.45) is 0.527. The Morgan fingerprint density at radius 1 is 1.10 bits per heavy atom. The van der Waals surface area contributed by atoms with Crippen LogP contribution in [-0.4, -0.2) is 39.4 Å². The van der Waals surface area contributed by atoms with Gasteiger partial charge in [0.05, 0.1) is 35.9 Å². The lowest BCUT2D eigenvalue weighted by molar-refractivity contribution is 0.262. The van der Waals surface area contributed by atoms with Gasteiger partial charge in [-0.15, -0.1) is 11.3 Å². The largest absolute Gasteiger partial charge is 0.497 e. The SMILES string of the molecule is CCCS(=O)(=O)c1nc2ccc(NC(=O)Nc3cc(OC)ccc3OC)cc2s1. The summed E-state index contributed by atoms with van der Waals surface area (Å²) >= 11 is 1.09. The number of sulfone groups is 1. The number of nitrogens with one attached hydrogen (secondary N) is 2. The topological polar surface area (TPSA) is 107 Å². The molecule has 154 valence electrons. The summed E-state index contributed by atoms with van der Waals surface area (Å²) in [6.45, 7) is 1.81. The fourth-order valence-electron chi connectivity index (χ4n) is 2.67. The minimum atomic E-state index is -3.38. The quantitative estimate of drug-likeness (QED) is 0.578. The van der Waals surface area contributed by atoms with Gasteiger partial charge in [0.25, 0.3) is 0 Å². The van der Waals surface area contributed by atoms with E-state index in [1.54, 1.807) is 36.4 Å². The highest BCUT2D eigenvalue weighted by atomic mass is 32.2. The van der Waals surface area contributed by atoms with E-state index in [0.29, 0.717) is 39.5 Å². The number of nitrogens with zero attached hydrogens (tertiary/aromatic N) is 1. The first-order valence-electron chi connectivity index (χ1n) is 8.79. The van der Waals surface area contributed by atoms with E-state index in [2.05, 4.69) is 15.6 Å². The number of amides is 2. The second-order valence-electron chi connectivity index (χ2n) is 6.13. The third kappa shape index (κ3) is 4.77. The maximum atomic E-state index is 12.4. The van der Waals surface area contributed by atoms with Gasteiger partial charge < -0.3 is 20.1 Å². The van der Waals surface area contributed by atoms with E-state index < -0.39 is 15.9 Å². The van der Waals surface area contributed by atoms with Crippen molar-refractivity contribution in [2.24, 2.45) is 0 Å². The zero-order valence-corrected chi connectivity index (χ0v) is 17.8. The summed E-state index contributed by atoms with van der Waals surface area (Å²) in [4.78, 5) is 16.6. The van der Waals surface area contributed by atoms with E-state index >= 15 is 0 Å². The molecular formula is C19H21N3O5S2. The third-order valence-corrected chi connectivity index (χ3v) is 7.41. The van der Waals surface area contributed by atoms with E-state index in [9.17, 15) is 13.2 Å². The number of urea groups is 1. The number of fused-ring (bicyclic) bond motifs is 1. The lowest BCUT2D eigenvalue weighted by atomic mass is 10.2. The van der Waals surface area contributed by atoms with Crippen molar-refractivity contribution in [1.82, 2.24) is 4.98 Å². The van der Waals surface area contributed by atoms with Crippen LogP contribution in [0.3, 0.4) is 0 Å². The van der Waals surface area contributed by atoms with E-state index in [1.807, 2.05) is 6.92 Å². The highest BCUT2D eigenvalue weighted by molar-refractivity contribution is 7.93. The fourth-order valence-corrected chi connectivity index (χ4v) is 5.38. The van der Waals surface area contributed by atoms with Crippen LogP contribution in [-0.2, 0) is 9.84 Å². The Morgan fingerprint density at radius 3 is 2.59 bits per heavy atom. The van der Waals surface area contributed by atoms with Gasteiger partial charge in [-0.25, -0.2) is 18.2 Å². The highest BCUT2D eigenvalue weighted by Gasteiger charge is 2.19. The third-order valence-electron chi connectivity index (χ3n) is 4.02. The van der Waals surface area contributed by atoms with Gasteiger partial charge >= 0.3 is 6.03 Å². The molecule has 0 aliphatic carbocycles. The molecule has 1 aromatic heterocycles. The minimum Gasteiger partial charge on any atom is -0.497 e. The molecule has 0 radical (unpaired) electrons. The average molecular weight is 436 g/mol. The molecule has 3 rings (SSSR count). The molecule has 0 aliphatic rings. The molecule has 0 aliphatic heterocycles. The number of aromatic nitrogens is 1. The van der Waals surface area contributed by atoms with Crippen LogP contribution in [0.5, 0.6) is 11.5 Å². The minimum absolute atomic E-state index is 0.0582. The van der Waals surface area contributed by atoms with Crippen molar-refractivity contribution < 1.29 is 22.7 Å². The first-order chi connectivity index (χ1) is 13.9. The van der Waals surface area contributed by atoms with Crippen LogP contribution in [0.25, 0.3) is 10.2 Å². The molecule has 2 aromatic carbocycles. The van der Waals surface area contributed by atoms with Crippen molar-refractivity contribution in [2.75, 3.05) is 30.6 Å². The Labute approximate surface area is 172 Å². The Balaban J connectivity index is 1.79. The normalized spacial score (nSPS) is 11.3. The van der Waals surface area contributed by atoms with Crippen LogP contribution in [0.1, 0.15) is 13.3 Å². The molecule has 3 aromatic rings. The van der Waals surface area contributed by atoms with Gasteiger partial charge in [0.2, 0.25) is 14.2 Å². The smallest absolute Gasteiger partial charge is 0.323 e. The summed E-state index contributed by atoms with van der Waals surface area (Å²) < 4.78 is 35.6. The summed E-state index contributed by atoms with van der Waals surface area (Å²) in [5.41, 5.74) is 1.54. The second kappa shape index (κ2) is 8.66. The van der Waals surface area contributed by atoms with Crippen molar-refractivity contribution in [3.8, 4) is 11.5 Å². The number of rotatable bonds is 7. The van der Waals surface area contributed by atoms with Gasteiger partial charge in [0, 0.05) is 11.8 Å². The first-order valence-corrected chi connectivity index (χ1v) is 11.3. The molecule has 1 heterocycles. The van der Waals surface area contributed by atoms with Crippen LogP contribution in [0.4, 0.5) is 16.2 Å². The number of carbonyl (C=O) groups excluding carboxylic acids is 1. The Kier molecular flexibility index (Phi) is 6.23. The molecule has 0 atom stereocenters. The molecule has 0 unspecified atom stereocenters. The van der Waals surface area contributed by atoms with Gasteiger partial charge in [0.15, 0.2) is 0 Å². The number of carbonyl (C=O) groups is 1. The van der Waals surface area contributed by atoms with E-state index in [4.69, 9.17) is 9.47 Å². The molecule has 2 N–H and O–H groups in total. The standard InChI is InChI=1S/C19H21N3O5S2/c1-4-9-29(24,25)19-22-14-7-5-12(10-17(14)28-19)20-18(23)21-15-11-13(26-2)6-8-16(15)27-3/h5-8,10-11H,4,9H2,1-3H3,(H2,20,21,23). The van der Waals surface area contributed by atoms with Crippen molar-refractivity contribution in [2.45, 2.75) is 17.7 Å². The Morgan fingerprint density at radius 2 is 1.90 bits per heavy atom. The lowest BCUT2D eigenvalue weighted by Gasteiger charge is -2.12. The summed E-state index contributed by atoms with van der Waals surface area (Å²) in [7, 11) is -0.342. The average Bonchev–Trinajstić information content (AvgIpc) is 3.12. The number of hydrogen-bond donors (Lipinski definition) is 2. The molecule has 0 saturated carbocycles. The molecule has 29 heavy (non-hydrogen) atoms. The monoisotopic (exact) mass is 435 g/mol. The summed E-state index contributed by atoms with van der Waals surface area (Å²) in [5.74, 6) is 1.13. The number of benzene rings is 2. The van der Waals surface area contributed by atoms with Crippen LogP contribution in [0, 0.1) is 0 Å². The maximum Gasteiger partial charge on any atom is 0.323 e. The summed E-state index contributed by atoms with van der Waals surface area (Å²) in [5, 5.41) is 5.44. The molecule has 0 saturated heterocycles. The van der Waals surface area contributed by atoms with Gasteiger partial charge in [-0.1, -0.05) is 6.92 Å². The van der Waals surface area contributed by atoms with Crippen LogP contribution < -0.4 is 20.1 Å². The van der Waals surface area contributed by atoms with Gasteiger partial charge in [0.1, 0.15) is 11.5 Å². The van der Waals surface area contributed by atoms with Crippen LogP contribution in [0.15, 0.2) is 40.7 Å².